The van der Waals surface area contributed by atoms with Gasteiger partial charge in [0.05, 0.1) is 8.95 Å². The second-order valence-corrected chi connectivity index (χ2v) is 8.97. The van der Waals surface area contributed by atoms with Crippen molar-refractivity contribution in [2.24, 2.45) is 0 Å². The second kappa shape index (κ2) is 11.1. The lowest BCUT2D eigenvalue weighted by molar-refractivity contribution is -0.112. The van der Waals surface area contributed by atoms with Crippen molar-refractivity contribution in [3.8, 4) is 11.8 Å². The molecule has 162 valence electrons. The lowest BCUT2D eigenvalue weighted by Gasteiger charge is -2.12. The van der Waals surface area contributed by atoms with Crippen LogP contribution in [0.2, 0.25) is 0 Å². The van der Waals surface area contributed by atoms with Gasteiger partial charge in [0.15, 0.2) is 0 Å². The Balaban J connectivity index is 1.75. The van der Waals surface area contributed by atoms with Gasteiger partial charge in [0.1, 0.15) is 24.0 Å². The van der Waals surface area contributed by atoms with Crippen LogP contribution in [-0.2, 0) is 17.8 Å². The fraction of sp³-hybridized carbons (Fsp3) is 0.154. The van der Waals surface area contributed by atoms with Crippen LogP contribution < -0.4 is 10.1 Å². The van der Waals surface area contributed by atoms with Gasteiger partial charge in [-0.05, 0) is 92.2 Å². The van der Waals surface area contributed by atoms with Crippen molar-refractivity contribution in [2.45, 2.75) is 26.9 Å². The van der Waals surface area contributed by atoms with Crippen LogP contribution in [0.25, 0.3) is 6.08 Å². The van der Waals surface area contributed by atoms with Crippen LogP contribution in [0.1, 0.15) is 29.2 Å². The molecular weight excluding hydrogens is 532 g/mol. The fourth-order valence-corrected chi connectivity index (χ4v) is 4.55. The summed E-state index contributed by atoms with van der Waals surface area (Å²) in [6, 6.07) is 21.3. The monoisotopic (exact) mass is 552 g/mol. The molecule has 0 aliphatic carbocycles. The van der Waals surface area contributed by atoms with Gasteiger partial charge in [-0.1, -0.05) is 48.9 Å². The van der Waals surface area contributed by atoms with Crippen LogP contribution in [0.5, 0.6) is 5.75 Å². The van der Waals surface area contributed by atoms with Gasteiger partial charge < -0.3 is 10.1 Å². The van der Waals surface area contributed by atoms with Crippen LogP contribution in [0.3, 0.4) is 0 Å². The molecule has 0 fully saturated rings. The molecule has 3 aromatic carbocycles. The summed E-state index contributed by atoms with van der Waals surface area (Å²) < 4.78 is 7.42. The summed E-state index contributed by atoms with van der Waals surface area (Å²) >= 11 is 7.07. The summed E-state index contributed by atoms with van der Waals surface area (Å²) in [6.45, 7) is 4.54. The first kappa shape index (κ1) is 23.8. The molecule has 6 heteroatoms. The average molecular weight is 554 g/mol. The Morgan fingerprint density at radius 1 is 1.06 bits per heavy atom. The summed E-state index contributed by atoms with van der Waals surface area (Å²) in [5, 5.41) is 12.3. The molecule has 0 aliphatic heterocycles. The number of nitrogens with one attached hydrogen (secondary N) is 1. The molecule has 0 spiro atoms. The first-order chi connectivity index (χ1) is 15.4. The van der Waals surface area contributed by atoms with Gasteiger partial charge in [-0.25, -0.2) is 0 Å². The number of hydrogen-bond acceptors (Lipinski definition) is 3. The molecule has 32 heavy (non-hydrogen) atoms. The Kier molecular flexibility index (Phi) is 8.26. The Morgan fingerprint density at radius 3 is 2.34 bits per heavy atom. The van der Waals surface area contributed by atoms with E-state index in [1.54, 1.807) is 6.08 Å². The van der Waals surface area contributed by atoms with E-state index < -0.39 is 5.91 Å². The Bertz CT molecular complexity index is 1170. The van der Waals surface area contributed by atoms with Crippen LogP contribution in [0.15, 0.2) is 75.2 Å². The van der Waals surface area contributed by atoms with Crippen molar-refractivity contribution in [1.29, 1.82) is 5.26 Å². The quantitative estimate of drug-likeness (QED) is 0.248. The number of ether oxygens (including phenoxy) is 1. The third-order valence-electron chi connectivity index (χ3n) is 4.78. The Morgan fingerprint density at radius 2 is 1.75 bits per heavy atom. The summed E-state index contributed by atoms with van der Waals surface area (Å²) in [4.78, 5) is 12.6. The van der Waals surface area contributed by atoms with Crippen molar-refractivity contribution in [3.05, 3.63) is 97.4 Å². The number of nitrogens with zero attached hydrogens (tertiary/aromatic N) is 1. The molecule has 0 aromatic heterocycles. The normalized spacial score (nSPS) is 11.0. The molecule has 0 heterocycles. The van der Waals surface area contributed by atoms with Crippen molar-refractivity contribution in [1.82, 2.24) is 0 Å². The number of amides is 1. The van der Waals surface area contributed by atoms with Gasteiger partial charge in [-0.2, -0.15) is 5.26 Å². The lowest BCUT2D eigenvalue weighted by Crippen LogP contribution is -2.13. The molecule has 0 radical (unpaired) electrons. The number of anilines is 1. The first-order valence-corrected chi connectivity index (χ1v) is 11.7. The predicted octanol–water partition coefficient (Wildman–Crippen LogP) is 7.21. The molecule has 3 aromatic rings. The maximum atomic E-state index is 12.6. The fourth-order valence-electron chi connectivity index (χ4n) is 3.10. The molecule has 0 saturated carbocycles. The Labute approximate surface area is 205 Å². The number of nitriles is 1. The topological polar surface area (TPSA) is 62.1 Å². The van der Waals surface area contributed by atoms with Gasteiger partial charge in [-0.15, -0.1) is 0 Å². The van der Waals surface area contributed by atoms with E-state index in [1.807, 2.05) is 67.6 Å². The largest absolute Gasteiger partial charge is 0.487 e. The van der Waals surface area contributed by atoms with Gasteiger partial charge in [0.2, 0.25) is 0 Å². The van der Waals surface area contributed by atoms with Gasteiger partial charge >= 0.3 is 0 Å². The van der Waals surface area contributed by atoms with Gasteiger partial charge in [-0.3, -0.25) is 4.79 Å². The molecule has 0 saturated heterocycles. The average Bonchev–Trinajstić information content (AvgIpc) is 2.77. The highest BCUT2D eigenvalue weighted by atomic mass is 79.9. The molecule has 4 nitrogen and oxygen atoms in total. The zero-order chi connectivity index (χ0) is 23.1. The van der Waals surface area contributed by atoms with E-state index in [9.17, 15) is 10.1 Å². The maximum Gasteiger partial charge on any atom is 0.266 e. The third-order valence-corrected chi connectivity index (χ3v) is 5.96. The van der Waals surface area contributed by atoms with E-state index in [0.29, 0.717) is 23.6 Å². The number of carbonyl (C=O) groups is 1. The molecule has 1 N–H and O–H groups in total. The van der Waals surface area contributed by atoms with Crippen LogP contribution in [-0.4, -0.2) is 5.91 Å². The SMILES string of the molecule is CCc1ccc(NC(=O)/C(C#N)=C/c2cc(Br)c(OCc3cccc(C)c3)c(Br)c2)cc1. The maximum absolute atomic E-state index is 12.6. The highest BCUT2D eigenvalue weighted by molar-refractivity contribution is 9.11. The number of aryl methyl sites for hydroxylation is 2. The van der Waals surface area contributed by atoms with Crippen molar-refractivity contribution in [2.75, 3.05) is 5.32 Å². The van der Waals surface area contributed by atoms with E-state index in [2.05, 4.69) is 50.2 Å². The minimum absolute atomic E-state index is 0.0109. The highest BCUT2D eigenvalue weighted by Gasteiger charge is 2.13. The number of halogens is 2. The second-order valence-electron chi connectivity index (χ2n) is 7.27. The standard InChI is InChI=1S/C26H22Br2N2O2/c1-3-18-7-9-22(10-8-18)30-26(31)21(15-29)12-20-13-23(27)25(24(28)14-20)32-16-19-6-4-5-17(2)11-19/h4-14H,3,16H2,1-2H3,(H,30,31)/b21-12+. The molecule has 0 bridgehead atoms. The molecule has 0 atom stereocenters. The molecular formula is C26H22Br2N2O2. The summed E-state index contributed by atoms with van der Waals surface area (Å²) in [5.41, 5.74) is 4.78. The zero-order valence-corrected chi connectivity index (χ0v) is 21.0. The lowest BCUT2D eigenvalue weighted by atomic mass is 10.1. The third kappa shape index (κ3) is 6.32. The van der Waals surface area contributed by atoms with Crippen LogP contribution >= 0.6 is 31.9 Å². The number of carbonyl (C=O) groups excluding carboxylic acids is 1. The van der Waals surface area contributed by atoms with E-state index >= 15 is 0 Å². The zero-order valence-electron chi connectivity index (χ0n) is 17.8. The minimum Gasteiger partial charge on any atom is -0.487 e. The van der Waals surface area contributed by atoms with Crippen molar-refractivity contribution in [3.63, 3.8) is 0 Å². The number of benzene rings is 3. The summed E-state index contributed by atoms with van der Waals surface area (Å²) in [5.74, 6) is 0.200. The smallest absolute Gasteiger partial charge is 0.266 e. The molecule has 1 amide bonds. The van der Waals surface area contributed by atoms with E-state index in [-0.39, 0.29) is 5.57 Å². The molecule has 3 rings (SSSR count). The van der Waals surface area contributed by atoms with Crippen LogP contribution in [0, 0.1) is 18.3 Å². The van der Waals surface area contributed by atoms with Gasteiger partial charge in [0, 0.05) is 5.69 Å². The first-order valence-electron chi connectivity index (χ1n) is 10.1. The minimum atomic E-state index is -0.455. The summed E-state index contributed by atoms with van der Waals surface area (Å²) in [6.07, 6.45) is 2.47. The number of hydrogen-bond donors (Lipinski definition) is 1. The van der Waals surface area contributed by atoms with E-state index in [4.69, 9.17) is 4.74 Å². The molecule has 0 unspecified atom stereocenters. The van der Waals surface area contributed by atoms with Crippen molar-refractivity contribution < 1.29 is 9.53 Å². The van der Waals surface area contributed by atoms with E-state index in [1.165, 1.54) is 11.1 Å². The number of rotatable bonds is 7. The predicted molar refractivity (Wildman–Crippen MR) is 135 cm³/mol. The molecule has 0 aliphatic rings. The van der Waals surface area contributed by atoms with Gasteiger partial charge in [0.25, 0.3) is 5.91 Å². The highest BCUT2D eigenvalue weighted by Crippen LogP contribution is 2.36. The van der Waals surface area contributed by atoms with Crippen molar-refractivity contribution >= 4 is 49.5 Å². The Hall–Kier alpha value is -2.88. The van der Waals surface area contributed by atoms with Crippen LogP contribution in [0.4, 0.5) is 5.69 Å². The summed E-state index contributed by atoms with van der Waals surface area (Å²) in [7, 11) is 0. The van der Waals surface area contributed by atoms with E-state index in [0.717, 1.165) is 20.9 Å².